The predicted octanol–water partition coefficient (Wildman–Crippen LogP) is 2.15. The zero-order valence-corrected chi connectivity index (χ0v) is 12.9. The van der Waals surface area contributed by atoms with Gasteiger partial charge in [-0.3, -0.25) is 9.59 Å². The maximum Gasteiger partial charge on any atom is 0.225 e. The molecule has 0 aromatic heterocycles. The van der Waals surface area contributed by atoms with Crippen LogP contribution in [0.3, 0.4) is 0 Å². The van der Waals surface area contributed by atoms with Gasteiger partial charge >= 0.3 is 0 Å². The highest BCUT2D eigenvalue weighted by molar-refractivity contribution is 5.83. The Morgan fingerprint density at radius 3 is 2.26 bits per heavy atom. The largest absolute Gasteiger partial charge is 0.351 e. The number of nitrogens with zero attached hydrogens (tertiary/aromatic N) is 1. The minimum atomic E-state index is -0.0950. The van der Waals surface area contributed by atoms with Gasteiger partial charge in [-0.1, -0.05) is 60.7 Å². The first-order valence-electron chi connectivity index (χ1n) is 7.86. The molecule has 0 aliphatic carbocycles. The molecule has 1 aliphatic rings. The molecule has 2 aromatic carbocycles. The van der Waals surface area contributed by atoms with Crippen LogP contribution in [0.5, 0.6) is 0 Å². The van der Waals surface area contributed by atoms with Gasteiger partial charge in [0.2, 0.25) is 11.8 Å². The molecule has 4 heteroatoms. The molecule has 1 heterocycles. The second-order valence-electron chi connectivity index (χ2n) is 5.89. The highest BCUT2D eigenvalue weighted by Gasteiger charge is 2.30. The molecule has 2 amide bonds. The zero-order chi connectivity index (χ0) is 16.1. The fourth-order valence-electron chi connectivity index (χ4n) is 2.89. The van der Waals surface area contributed by atoms with Crippen molar-refractivity contribution in [3.05, 3.63) is 71.8 Å². The van der Waals surface area contributed by atoms with Gasteiger partial charge in [0.1, 0.15) is 0 Å². The summed E-state index contributed by atoms with van der Waals surface area (Å²) in [5.74, 6) is 0.0643. The number of rotatable bonds is 5. The predicted molar refractivity (Wildman–Crippen MR) is 88.6 cm³/mol. The first-order chi connectivity index (χ1) is 11.2. The molecule has 0 spiro atoms. The molecule has 4 nitrogen and oxygen atoms in total. The second kappa shape index (κ2) is 7.09. The van der Waals surface area contributed by atoms with E-state index >= 15 is 0 Å². The van der Waals surface area contributed by atoms with Crippen LogP contribution in [-0.2, 0) is 22.6 Å². The summed E-state index contributed by atoms with van der Waals surface area (Å²) in [5.41, 5.74) is 2.09. The Bertz CT molecular complexity index is 670. The minimum Gasteiger partial charge on any atom is -0.351 e. The number of nitrogens with one attached hydrogen (secondary N) is 1. The molecule has 118 valence electrons. The summed E-state index contributed by atoms with van der Waals surface area (Å²) in [6.45, 7) is 1.18. The summed E-state index contributed by atoms with van der Waals surface area (Å²) in [6, 6.07) is 19.4. The SMILES string of the molecule is O=C(Cc1ccccc1)NC1CC(=O)N(Cc2ccccc2)C1. The summed E-state index contributed by atoms with van der Waals surface area (Å²) in [5, 5.41) is 2.97. The Kier molecular flexibility index (Phi) is 4.71. The Balaban J connectivity index is 1.52. The highest BCUT2D eigenvalue weighted by Crippen LogP contribution is 2.15. The standard InChI is InChI=1S/C19H20N2O2/c22-18(11-15-7-3-1-4-8-15)20-17-12-19(23)21(14-17)13-16-9-5-2-6-10-16/h1-10,17H,11-14H2,(H,20,22). The van der Waals surface area contributed by atoms with Gasteiger partial charge in [-0.25, -0.2) is 0 Å². The van der Waals surface area contributed by atoms with Crippen molar-refractivity contribution < 1.29 is 9.59 Å². The van der Waals surface area contributed by atoms with E-state index in [-0.39, 0.29) is 17.9 Å². The van der Waals surface area contributed by atoms with Crippen LogP contribution in [0.15, 0.2) is 60.7 Å². The van der Waals surface area contributed by atoms with E-state index in [2.05, 4.69) is 5.32 Å². The lowest BCUT2D eigenvalue weighted by molar-refractivity contribution is -0.128. The van der Waals surface area contributed by atoms with E-state index in [0.29, 0.717) is 25.9 Å². The monoisotopic (exact) mass is 308 g/mol. The number of carbonyl (C=O) groups is 2. The molecule has 1 fully saturated rings. The van der Waals surface area contributed by atoms with Gasteiger partial charge in [-0.05, 0) is 11.1 Å². The molecule has 1 saturated heterocycles. The van der Waals surface area contributed by atoms with Crippen LogP contribution < -0.4 is 5.32 Å². The molecule has 1 aliphatic heterocycles. The van der Waals surface area contributed by atoms with Crippen molar-refractivity contribution in [1.82, 2.24) is 10.2 Å². The van der Waals surface area contributed by atoms with Crippen molar-refractivity contribution in [3.8, 4) is 0 Å². The van der Waals surface area contributed by atoms with Crippen molar-refractivity contribution in [1.29, 1.82) is 0 Å². The molecule has 23 heavy (non-hydrogen) atoms. The van der Waals surface area contributed by atoms with Gasteiger partial charge in [0.15, 0.2) is 0 Å². The zero-order valence-electron chi connectivity index (χ0n) is 12.9. The Morgan fingerprint density at radius 1 is 1.00 bits per heavy atom. The number of benzene rings is 2. The van der Waals surface area contributed by atoms with Gasteiger partial charge in [0.25, 0.3) is 0 Å². The third kappa shape index (κ3) is 4.19. The van der Waals surface area contributed by atoms with Crippen LogP contribution >= 0.6 is 0 Å². The number of hydrogen-bond donors (Lipinski definition) is 1. The molecule has 2 aromatic rings. The van der Waals surface area contributed by atoms with Gasteiger partial charge in [-0.15, -0.1) is 0 Å². The van der Waals surface area contributed by atoms with E-state index in [0.717, 1.165) is 11.1 Å². The molecule has 3 rings (SSSR count). The fourth-order valence-corrected chi connectivity index (χ4v) is 2.89. The average molecular weight is 308 g/mol. The normalized spacial score (nSPS) is 17.3. The van der Waals surface area contributed by atoms with Crippen LogP contribution in [0.25, 0.3) is 0 Å². The molecule has 0 bridgehead atoms. The summed E-state index contributed by atoms with van der Waals surface area (Å²) >= 11 is 0. The van der Waals surface area contributed by atoms with E-state index < -0.39 is 0 Å². The lowest BCUT2D eigenvalue weighted by atomic mass is 10.1. The molecular weight excluding hydrogens is 288 g/mol. The number of amides is 2. The summed E-state index contributed by atoms with van der Waals surface area (Å²) in [4.78, 5) is 26.0. The smallest absolute Gasteiger partial charge is 0.225 e. The third-order valence-corrected chi connectivity index (χ3v) is 4.00. The maximum atomic E-state index is 12.1. The lowest BCUT2D eigenvalue weighted by Crippen LogP contribution is -2.37. The molecule has 1 atom stereocenters. The Labute approximate surface area is 136 Å². The summed E-state index contributed by atoms with van der Waals surface area (Å²) < 4.78 is 0. The number of hydrogen-bond acceptors (Lipinski definition) is 2. The van der Waals surface area contributed by atoms with Crippen molar-refractivity contribution >= 4 is 11.8 Å². The highest BCUT2D eigenvalue weighted by atomic mass is 16.2. The van der Waals surface area contributed by atoms with Gasteiger partial charge in [0.05, 0.1) is 12.5 Å². The molecule has 1 N–H and O–H groups in total. The summed E-state index contributed by atoms with van der Waals surface area (Å²) in [6.07, 6.45) is 0.734. The van der Waals surface area contributed by atoms with Crippen molar-refractivity contribution in [2.75, 3.05) is 6.54 Å². The average Bonchev–Trinajstić information content (AvgIpc) is 2.88. The van der Waals surface area contributed by atoms with Crippen LogP contribution in [0.2, 0.25) is 0 Å². The Hall–Kier alpha value is -2.62. The number of likely N-dealkylation sites (tertiary alicyclic amines) is 1. The molecular formula is C19H20N2O2. The topological polar surface area (TPSA) is 49.4 Å². The lowest BCUT2D eigenvalue weighted by Gasteiger charge is -2.17. The van der Waals surface area contributed by atoms with Crippen LogP contribution in [0, 0.1) is 0 Å². The van der Waals surface area contributed by atoms with Gasteiger partial charge < -0.3 is 10.2 Å². The third-order valence-electron chi connectivity index (χ3n) is 4.00. The molecule has 0 radical (unpaired) electrons. The van der Waals surface area contributed by atoms with Crippen LogP contribution in [-0.4, -0.2) is 29.3 Å². The first kappa shape index (κ1) is 15.3. The van der Waals surface area contributed by atoms with Crippen LogP contribution in [0.4, 0.5) is 0 Å². The fraction of sp³-hybridized carbons (Fsp3) is 0.263. The quantitative estimate of drug-likeness (QED) is 0.920. The van der Waals surface area contributed by atoms with E-state index in [1.165, 1.54) is 0 Å². The molecule has 1 unspecified atom stereocenters. The van der Waals surface area contributed by atoms with E-state index in [1.54, 1.807) is 0 Å². The van der Waals surface area contributed by atoms with Gasteiger partial charge in [-0.2, -0.15) is 0 Å². The van der Waals surface area contributed by atoms with Crippen molar-refractivity contribution in [3.63, 3.8) is 0 Å². The minimum absolute atomic E-state index is 0.0319. The first-order valence-corrected chi connectivity index (χ1v) is 7.86. The molecule has 0 saturated carbocycles. The van der Waals surface area contributed by atoms with Crippen molar-refractivity contribution in [2.45, 2.75) is 25.4 Å². The Morgan fingerprint density at radius 2 is 1.61 bits per heavy atom. The van der Waals surface area contributed by atoms with Crippen LogP contribution in [0.1, 0.15) is 17.5 Å². The number of carbonyl (C=O) groups excluding carboxylic acids is 2. The van der Waals surface area contributed by atoms with E-state index in [1.807, 2.05) is 65.6 Å². The second-order valence-corrected chi connectivity index (χ2v) is 5.89. The van der Waals surface area contributed by atoms with Crippen molar-refractivity contribution in [2.24, 2.45) is 0 Å². The van der Waals surface area contributed by atoms with Gasteiger partial charge in [0, 0.05) is 19.5 Å². The van der Waals surface area contributed by atoms with E-state index in [9.17, 15) is 9.59 Å². The summed E-state index contributed by atoms with van der Waals surface area (Å²) in [7, 11) is 0. The van der Waals surface area contributed by atoms with E-state index in [4.69, 9.17) is 0 Å². The maximum absolute atomic E-state index is 12.1.